The molecule has 0 aromatic heterocycles. The van der Waals surface area contributed by atoms with Gasteiger partial charge in [-0.15, -0.1) is 0 Å². The van der Waals surface area contributed by atoms with Gasteiger partial charge in [-0.3, -0.25) is 9.59 Å². The third kappa shape index (κ3) is 4.91. The molecule has 1 heterocycles. The van der Waals surface area contributed by atoms with Gasteiger partial charge in [0.1, 0.15) is 0 Å². The number of likely N-dealkylation sites (tertiary alicyclic amines) is 1. The van der Waals surface area contributed by atoms with E-state index in [1.54, 1.807) is 0 Å². The Morgan fingerprint density at radius 1 is 1.35 bits per heavy atom. The average molecular weight is 345 g/mol. The molecule has 8 heteroatoms. The van der Waals surface area contributed by atoms with Crippen LogP contribution in [0.25, 0.3) is 0 Å². The minimum atomic E-state index is -3.17. The van der Waals surface area contributed by atoms with Gasteiger partial charge in [0.25, 0.3) is 0 Å². The number of rotatable bonds is 7. The van der Waals surface area contributed by atoms with E-state index < -0.39 is 10.0 Å². The zero-order valence-corrected chi connectivity index (χ0v) is 14.8. The van der Waals surface area contributed by atoms with E-state index in [9.17, 15) is 18.0 Å². The van der Waals surface area contributed by atoms with Gasteiger partial charge in [0.05, 0.1) is 12.2 Å². The van der Waals surface area contributed by atoms with Crippen molar-refractivity contribution < 1.29 is 18.0 Å². The van der Waals surface area contributed by atoms with Crippen molar-refractivity contribution in [2.75, 3.05) is 32.9 Å². The number of sulfonamides is 1. The number of nitrogens with zero attached hydrogens (tertiary/aromatic N) is 2. The summed E-state index contributed by atoms with van der Waals surface area (Å²) in [6.07, 6.45) is 6.45. The fraction of sp³-hybridized carbons (Fsp3) is 0.867. The maximum Gasteiger partial charge on any atom is 0.225 e. The second-order valence-electron chi connectivity index (χ2n) is 6.61. The van der Waals surface area contributed by atoms with Crippen LogP contribution in [0.1, 0.15) is 38.5 Å². The smallest absolute Gasteiger partial charge is 0.225 e. The van der Waals surface area contributed by atoms with Crippen molar-refractivity contribution in [1.29, 1.82) is 0 Å². The molecule has 1 atom stereocenters. The van der Waals surface area contributed by atoms with Gasteiger partial charge in [0.2, 0.25) is 21.8 Å². The van der Waals surface area contributed by atoms with E-state index in [0.29, 0.717) is 38.5 Å². The standard InChI is InChI=1S/C15H27N3O4S/c1-17(23(2,21)22)9-5-8-16-15(20)12-10-14(19)18(11-12)13-6-3-4-7-13/h12-13H,3-11H2,1-2H3,(H,16,20)/t12-/m1/s1. The summed E-state index contributed by atoms with van der Waals surface area (Å²) in [6, 6.07) is 0.323. The number of hydrogen-bond acceptors (Lipinski definition) is 4. The monoisotopic (exact) mass is 345 g/mol. The Balaban J connectivity index is 1.71. The molecule has 1 N–H and O–H groups in total. The van der Waals surface area contributed by atoms with Crippen molar-refractivity contribution in [3.63, 3.8) is 0 Å². The van der Waals surface area contributed by atoms with Crippen LogP contribution < -0.4 is 5.32 Å². The van der Waals surface area contributed by atoms with Crippen LogP contribution in [0, 0.1) is 5.92 Å². The highest BCUT2D eigenvalue weighted by molar-refractivity contribution is 7.88. The number of nitrogens with one attached hydrogen (secondary N) is 1. The molecule has 2 aliphatic rings. The van der Waals surface area contributed by atoms with Gasteiger partial charge in [0, 0.05) is 39.1 Å². The Bertz CT molecular complexity index is 543. The van der Waals surface area contributed by atoms with Gasteiger partial charge in [-0.05, 0) is 19.3 Å². The van der Waals surface area contributed by atoms with E-state index >= 15 is 0 Å². The van der Waals surface area contributed by atoms with E-state index in [1.165, 1.54) is 24.2 Å². The molecule has 0 aromatic carbocycles. The molecule has 0 spiro atoms. The van der Waals surface area contributed by atoms with Crippen LogP contribution in [0.2, 0.25) is 0 Å². The van der Waals surface area contributed by atoms with Crippen molar-refractivity contribution in [2.45, 2.75) is 44.6 Å². The van der Waals surface area contributed by atoms with Gasteiger partial charge >= 0.3 is 0 Å². The maximum atomic E-state index is 12.2. The number of carbonyl (C=O) groups is 2. The van der Waals surface area contributed by atoms with Crippen molar-refractivity contribution in [3.05, 3.63) is 0 Å². The molecule has 2 rings (SSSR count). The largest absolute Gasteiger partial charge is 0.356 e. The number of amides is 2. The van der Waals surface area contributed by atoms with E-state index in [-0.39, 0.29) is 17.7 Å². The third-order valence-corrected chi connectivity index (χ3v) is 6.12. The van der Waals surface area contributed by atoms with Gasteiger partial charge in [-0.25, -0.2) is 12.7 Å². The van der Waals surface area contributed by atoms with E-state index in [1.807, 2.05) is 4.90 Å². The minimum absolute atomic E-state index is 0.0915. The Morgan fingerprint density at radius 2 is 2.00 bits per heavy atom. The van der Waals surface area contributed by atoms with Gasteiger partial charge in [-0.2, -0.15) is 0 Å². The SMILES string of the molecule is CN(CCCNC(=O)[C@@H]1CC(=O)N(C2CCCC2)C1)S(C)(=O)=O. The van der Waals surface area contributed by atoms with Crippen LogP contribution in [-0.2, 0) is 19.6 Å². The summed E-state index contributed by atoms with van der Waals surface area (Å²) < 4.78 is 23.8. The first-order valence-corrected chi connectivity index (χ1v) is 10.1. The molecule has 23 heavy (non-hydrogen) atoms. The van der Waals surface area contributed by atoms with Crippen LogP contribution in [0.3, 0.4) is 0 Å². The van der Waals surface area contributed by atoms with Crippen molar-refractivity contribution in [3.8, 4) is 0 Å². The van der Waals surface area contributed by atoms with Crippen LogP contribution in [0.15, 0.2) is 0 Å². The fourth-order valence-corrected chi connectivity index (χ4v) is 3.76. The van der Waals surface area contributed by atoms with Crippen LogP contribution in [-0.4, -0.2) is 68.4 Å². The van der Waals surface area contributed by atoms with Crippen LogP contribution in [0.5, 0.6) is 0 Å². The predicted molar refractivity (Wildman–Crippen MR) is 87.2 cm³/mol. The minimum Gasteiger partial charge on any atom is -0.356 e. The second-order valence-corrected chi connectivity index (χ2v) is 8.70. The first-order valence-electron chi connectivity index (χ1n) is 8.27. The van der Waals surface area contributed by atoms with Crippen LogP contribution >= 0.6 is 0 Å². The molecule has 132 valence electrons. The highest BCUT2D eigenvalue weighted by Crippen LogP contribution is 2.29. The van der Waals surface area contributed by atoms with Gasteiger partial charge in [-0.1, -0.05) is 12.8 Å². The Morgan fingerprint density at radius 3 is 2.61 bits per heavy atom. The third-order valence-electron chi connectivity index (χ3n) is 4.81. The molecule has 0 bridgehead atoms. The number of carbonyl (C=O) groups excluding carboxylic acids is 2. The van der Waals surface area contributed by atoms with Gasteiger partial charge < -0.3 is 10.2 Å². The van der Waals surface area contributed by atoms with Gasteiger partial charge in [0.15, 0.2) is 0 Å². The molecule has 1 aliphatic heterocycles. The summed E-state index contributed by atoms with van der Waals surface area (Å²) in [5.74, 6) is -0.273. The molecule has 2 fully saturated rings. The summed E-state index contributed by atoms with van der Waals surface area (Å²) in [5, 5.41) is 2.82. The molecular formula is C15H27N3O4S. The summed E-state index contributed by atoms with van der Waals surface area (Å²) >= 11 is 0. The Kier molecular flexibility index (Phi) is 6.02. The lowest BCUT2D eigenvalue weighted by molar-refractivity contribution is -0.130. The lowest BCUT2D eigenvalue weighted by Crippen LogP contribution is -2.37. The first kappa shape index (κ1) is 18.2. The lowest BCUT2D eigenvalue weighted by Gasteiger charge is -2.23. The summed E-state index contributed by atoms with van der Waals surface area (Å²) in [4.78, 5) is 26.1. The Hall–Kier alpha value is -1.15. The summed E-state index contributed by atoms with van der Waals surface area (Å²) in [7, 11) is -1.65. The normalized spacial score (nSPS) is 23.0. The second kappa shape index (κ2) is 7.61. The topological polar surface area (TPSA) is 86.8 Å². The predicted octanol–water partition coefficient (Wildman–Crippen LogP) is 0.175. The molecular weight excluding hydrogens is 318 g/mol. The van der Waals surface area contributed by atoms with E-state index in [0.717, 1.165) is 19.1 Å². The molecule has 7 nitrogen and oxygen atoms in total. The fourth-order valence-electron chi connectivity index (χ4n) is 3.30. The number of hydrogen-bond donors (Lipinski definition) is 1. The lowest BCUT2D eigenvalue weighted by atomic mass is 10.1. The van der Waals surface area contributed by atoms with Crippen molar-refractivity contribution >= 4 is 21.8 Å². The zero-order valence-electron chi connectivity index (χ0n) is 14.0. The highest BCUT2D eigenvalue weighted by atomic mass is 32.2. The zero-order chi connectivity index (χ0) is 17.0. The molecule has 0 unspecified atom stereocenters. The molecule has 2 amide bonds. The molecule has 0 aromatic rings. The summed E-state index contributed by atoms with van der Waals surface area (Å²) in [6.45, 7) is 1.32. The Labute approximate surface area is 138 Å². The maximum absolute atomic E-state index is 12.2. The molecule has 1 saturated heterocycles. The molecule has 0 radical (unpaired) electrons. The first-order chi connectivity index (χ1) is 10.8. The average Bonchev–Trinajstić information content (AvgIpc) is 3.10. The van der Waals surface area contributed by atoms with E-state index in [2.05, 4.69) is 5.32 Å². The van der Waals surface area contributed by atoms with Crippen LogP contribution in [0.4, 0.5) is 0 Å². The van der Waals surface area contributed by atoms with Crippen molar-refractivity contribution in [2.24, 2.45) is 5.92 Å². The summed E-state index contributed by atoms with van der Waals surface area (Å²) in [5.41, 5.74) is 0. The quantitative estimate of drug-likeness (QED) is 0.667. The molecule has 1 aliphatic carbocycles. The van der Waals surface area contributed by atoms with E-state index in [4.69, 9.17) is 0 Å². The van der Waals surface area contributed by atoms with Crippen molar-refractivity contribution in [1.82, 2.24) is 14.5 Å². The highest BCUT2D eigenvalue weighted by Gasteiger charge is 2.38. The molecule has 1 saturated carbocycles.